The molecule has 106 valence electrons. The van der Waals surface area contributed by atoms with Crippen LogP contribution < -0.4 is 10.1 Å². The number of aliphatic hydroxyl groups is 1. The number of rotatable bonds is 4. The number of benzene rings is 2. The Morgan fingerprint density at radius 1 is 1.10 bits per heavy atom. The lowest BCUT2D eigenvalue weighted by Crippen LogP contribution is -2.20. The van der Waals surface area contributed by atoms with Crippen LogP contribution in [0.5, 0.6) is 5.75 Å². The summed E-state index contributed by atoms with van der Waals surface area (Å²) >= 11 is 0. The fourth-order valence-electron chi connectivity index (χ4n) is 1.64. The summed E-state index contributed by atoms with van der Waals surface area (Å²) in [5, 5.41) is 11.3. The van der Waals surface area contributed by atoms with Gasteiger partial charge >= 0.3 is 0 Å². The first-order valence-corrected chi connectivity index (χ1v) is 6.45. The molecule has 1 amide bonds. The number of nitrogens with one attached hydrogen (secondary N) is 1. The number of para-hydroxylation sites is 1. The van der Waals surface area contributed by atoms with Gasteiger partial charge in [0.2, 0.25) is 0 Å². The monoisotopic (exact) mass is 281 g/mol. The zero-order valence-corrected chi connectivity index (χ0v) is 11.4. The van der Waals surface area contributed by atoms with E-state index in [-0.39, 0.29) is 19.1 Å². The molecule has 0 saturated carbocycles. The number of aliphatic hydroxyl groups excluding tert-OH is 1. The molecule has 2 N–H and O–H groups in total. The van der Waals surface area contributed by atoms with Crippen LogP contribution in [-0.2, 0) is 4.79 Å². The third-order valence-electron chi connectivity index (χ3n) is 2.59. The molecule has 4 nitrogen and oxygen atoms in total. The summed E-state index contributed by atoms with van der Waals surface area (Å²) in [6.07, 6.45) is 0. The van der Waals surface area contributed by atoms with Gasteiger partial charge in [0.15, 0.2) is 6.61 Å². The Bertz CT molecular complexity index is 639. The van der Waals surface area contributed by atoms with E-state index >= 15 is 0 Å². The van der Waals surface area contributed by atoms with E-state index in [0.717, 1.165) is 5.56 Å². The number of amides is 1. The second kappa shape index (κ2) is 7.73. The lowest BCUT2D eigenvalue weighted by atomic mass is 10.2. The van der Waals surface area contributed by atoms with E-state index in [0.29, 0.717) is 11.4 Å². The lowest BCUT2D eigenvalue weighted by Gasteiger charge is -2.07. The van der Waals surface area contributed by atoms with Gasteiger partial charge in [0, 0.05) is 11.3 Å². The third-order valence-corrected chi connectivity index (χ3v) is 2.59. The summed E-state index contributed by atoms with van der Waals surface area (Å²) in [6.45, 7) is -0.217. The van der Waals surface area contributed by atoms with Gasteiger partial charge in [-0.05, 0) is 36.4 Å². The van der Waals surface area contributed by atoms with Crippen molar-refractivity contribution in [3.05, 3.63) is 60.2 Å². The lowest BCUT2D eigenvalue weighted by molar-refractivity contribution is -0.118. The molecule has 0 aliphatic rings. The maximum atomic E-state index is 11.7. The molecule has 21 heavy (non-hydrogen) atoms. The van der Waals surface area contributed by atoms with Gasteiger partial charge in [-0.1, -0.05) is 30.0 Å². The molecule has 2 rings (SSSR count). The van der Waals surface area contributed by atoms with Crippen LogP contribution in [0.3, 0.4) is 0 Å². The fraction of sp³-hybridized carbons (Fsp3) is 0.118. The minimum absolute atomic E-state index is 0.0456. The van der Waals surface area contributed by atoms with Gasteiger partial charge in [-0.2, -0.15) is 0 Å². The van der Waals surface area contributed by atoms with Crippen molar-refractivity contribution in [2.24, 2.45) is 0 Å². The average Bonchev–Trinajstić information content (AvgIpc) is 2.53. The van der Waals surface area contributed by atoms with Crippen LogP contribution in [-0.4, -0.2) is 24.2 Å². The minimum atomic E-state index is -0.229. The van der Waals surface area contributed by atoms with Crippen molar-refractivity contribution in [3.63, 3.8) is 0 Å². The minimum Gasteiger partial charge on any atom is -0.484 e. The van der Waals surface area contributed by atoms with E-state index in [1.807, 2.05) is 18.2 Å². The molecule has 0 radical (unpaired) electrons. The zero-order chi connectivity index (χ0) is 14.9. The van der Waals surface area contributed by atoms with E-state index in [1.54, 1.807) is 36.4 Å². The Morgan fingerprint density at radius 2 is 1.81 bits per heavy atom. The SMILES string of the molecule is O=C(COc1ccccc1)Nc1ccc(C#CCO)cc1. The van der Waals surface area contributed by atoms with Crippen molar-refractivity contribution in [2.75, 3.05) is 18.5 Å². The highest BCUT2D eigenvalue weighted by atomic mass is 16.5. The third kappa shape index (κ3) is 5.01. The highest BCUT2D eigenvalue weighted by Gasteiger charge is 2.03. The van der Waals surface area contributed by atoms with E-state index in [1.165, 1.54) is 0 Å². The first-order chi connectivity index (χ1) is 10.3. The van der Waals surface area contributed by atoms with E-state index < -0.39 is 0 Å². The van der Waals surface area contributed by atoms with Crippen molar-refractivity contribution in [3.8, 4) is 17.6 Å². The van der Waals surface area contributed by atoms with Crippen LogP contribution in [0, 0.1) is 11.8 Å². The van der Waals surface area contributed by atoms with Crippen molar-refractivity contribution in [1.29, 1.82) is 0 Å². The summed E-state index contributed by atoms with van der Waals surface area (Å²) in [7, 11) is 0. The first kappa shape index (κ1) is 14.6. The summed E-state index contributed by atoms with van der Waals surface area (Å²) in [5.41, 5.74) is 1.45. The molecule has 2 aromatic carbocycles. The Labute approximate surface area is 123 Å². The molecular weight excluding hydrogens is 266 g/mol. The second-order valence-electron chi connectivity index (χ2n) is 4.19. The molecule has 0 saturated heterocycles. The average molecular weight is 281 g/mol. The molecule has 0 bridgehead atoms. The summed E-state index contributed by atoms with van der Waals surface area (Å²) in [4.78, 5) is 11.7. The Balaban J connectivity index is 1.85. The summed E-state index contributed by atoms with van der Waals surface area (Å²) in [5.74, 6) is 5.77. The van der Waals surface area contributed by atoms with Gasteiger partial charge in [0.1, 0.15) is 12.4 Å². The molecule has 0 atom stereocenters. The molecule has 0 spiro atoms. The topological polar surface area (TPSA) is 58.6 Å². The molecule has 0 fully saturated rings. The number of ether oxygens (including phenoxy) is 1. The second-order valence-corrected chi connectivity index (χ2v) is 4.19. The maximum Gasteiger partial charge on any atom is 0.262 e. The Kier molecular flexibility index (Phi) is 5.39. The van der Waals surface area contributed by atoms with Gasteiger partial charge in [-0.3, -0.25) is 4.79 Å². The van der Waals surface area contributed by atoms with Gasteiger partial charge in [-0.15, -0.1) is 0 Å². The fourth-order valence-corrected chi connectivity index (χ4v) is 1.64. The van der Waals surface area contributed by atoms with E-state index in [4.69, 9.17) is 9.84 Å². The molecule has 0 aliphatic heterocycles. The molecule has 0 unspecified atom stereocenters. The Morgan fingerprint density at radius 3 is 2.48 bits per heavy atom. The number of hydrogen-bond acceptors (Lipinski definition) is 3. The standard InChI is InChI=1S/C17H15NO3/c19-12-4-5-14-8-10-15(11-9-14)18-17(20)13-21-16-6-2-1-3-7-16/h1-3,6-11,19H,12-13H2,(H,18,20). The highest BCUT2D eigenvalue weighted by molar-refractivity contribution is 5.91. The zero-order valence-electron chi connectivity index (χ0n) is 11.4. The van der Waals surface area contributed by atoms with Crippen LogP contribution in [0.4, 0.5) is 5.69 Å². The van der Waals surface area contributed by atoms with Crippen molar-refractivity contribution in [1.82, 2.24) is 0 Å². The molecule has 0 aromatic heterocycles. The van der Waals surface area contributed by atoms with Crippen molar-refractivity contribution in [2.45, 2.75) is 0 Å². The van der Waals surface area contributed by atoms with E-state index in [2.05, 4.69) is 17.2 Å². The maximum absolute atomic E-state index is 11.7. The predicted octanol–water partition coefficient (Wildman–Crippen LogP) is 2.05. The molecule has 0 heterocycles. The molecule has 0 aliphatic carbocycles. The molecular formula is C17H15NO3. The van der Waals surface area contributed by atoms with Gasteiger partial charge in [0.05, 0.1) is 0 Å². The van der Waals surface area contributed by atoms with Crippen LogP contribution in [0.1, 0.15) is 5.56 Å². The molecule has 2 aromatic rings. The summed E-state index contributed by atoms with van der Waals surface area (Å²) < 4.78 is 5.35. The quantitative estimate of drug-likeness (QED) is 0.843. The highest BCUT2D eigenvalue weighted by Crippen LogP contribution is 2.10. The van der Waals surface area contributed by atoms with Crippen LogP contribution in [0.25, 0.3) is 0 Å². The van der Waals surface area contributed by atoms with Crippen molar-refractivity contribution < 1.29 is 14.6 Å². The van der Waals surface area contributed by atoms with E-state index in [9.17, 15) is 4.79 Å². The van der Waals surface area contributed by atoms with Crippen LogP contribution >= 0.6 is 0 Å². The Hall–Kier alpha value is -2.77. The summed E-state index contributed by atoms with van der Waals surface area (Å²) in [6, 6.07) is 16.2. The van der Waals surface area contributed by atoms with Gasteiger partial charge in [-0.25, -0.2) is 0 Å². The molecule has 4 heteroatoms. The van der Waals surface area contributed by atoms with Gasteiger partial charge in [0.25, 0.3) is 5.91 Å². The van der Waals surface area contributed by atoms with Crippen molar-refractivity contribution >= 4 is 11.6 Å². The number of anilines is 1. The number of carbonyl (C=O) groups is 1. The normalized spacial score (nSPS) is 9.38. The number of hydrogen-bond donors (Lipinski definition) is 2. The number of carbonyl (C=O) groups excluding carboxylic acids is 1. The largest absolute Gasteiger partial charge is 0.484 e. The smallest absolute Gasteiger partial charge is 0.262 e. The van der Waals surface area contributed by atoms with Crippen LogP contribution in [0.2, 0.25) is 0 Å². The predicted molar refractivity (Wildman–Crippen MR) is 81.0 cm³/mol. The van der Waals surface area contributed by atoms with Gasteiger partial charge < -0.3 is 15.2 Å². The first-order valence-electron chi connectivity index (χ1n) is 6.45. The van der Waals surface area contributed by atoms with Crippen LogP contribution in [0.15, 0.2) is 54.6 Å².